The monoisotopic (exact) mass is 492 g/mol. The summed E-state index contributed by atoms with van der Waals surface area (Å²) >= 11 is 6.80. The summed E-state index contributed by atoms with van der Waals surface area (Å²) in [5, 5.41) is 3.07. The molecule has 3 aromatic rings. The van der Waals surface area contributed by atoms with Crippen LogP contribution in [0, 0.1) is 6.92 Å². The lowest BCUT2D eigenvalue weighted by Crippen LogP contribution is -2.27. The molecule has 1 fully saturated rings. The molecular weight excluding hydrogens is 472 g/mol. The molecule has 1 aliphatic heterocycles. The van der Waals surface area contributed by atoms with E-state index in [4.69, 9.17) is 16.3 Å². The number of nitrogens with zero attached hydrogens (tertiary/aromatic N) is 1. The number of aryl methyl sites for hydroxylation is 1. The molecule has 4 rings (SSSR count). The van der Waals surface area contributed by atoms with Gasteiger partial charge in [0.15, 0.2) is 6.61 Å². The van der Waals surface area contributed by atoms with Gasteiger partial charge in [-0.3, -0.25) is 19.3 Å². The molecule has 0 aliphatic carbocycles. The van der Waals surface area contributed by atoms with Gasteiger partial charge in [0.2, 0.25) is 0 Å². The Balaban J connectivity index is 1.33. The Morgan fingerprint density at radius 2 is 1.79 bits per heavy atom. The van der Waals surface area contributed by atoms with E-state index in [-0.39, 0.29) is 30.2 Å². The summed E-state index contributed by atoms with van der Waals surface area (Å²) in [6.45, 7) is 2.02. The molecule has 3 amide bonds. The van der Waals surface area contributed by atoms with Gasteiger partial charge in [0, 0.05) is 10.7 Å². The lowest BCUT2D eigenvalue weighted by Gasteiger charge is -2.12. The van der Waals surface area contributed by atoms with Crippen LogP contribution in [0.3, 0.4) is 0 Å². The van der Waals surface area contributed by atoms with Gasteiger partial charge in [-0.15, -0.1) is 0 Å². The van der Waals surface area contributed by atoms with Crippen LogP contribution in [0.25, 0.3) is 6.08 Å². The molecule has 0 radical (unpaired) electrons. The number of anilines is 1. The molecule has 172 valence electrons. The molecule has 1 heterocycles. The van der Waals surface area contributed by atoms with Crippen LogP contribution in [0.15, 0.2) is 77.7 Å². The van der Waals surface area contributed by atoms with Gasteiger partial charge in [-0.05, 0) is 77.9 Å². The summed E-state index contributed by atoms with van der Waals surface area (Å²) in [5.74, 6) is -0.0745. The molecule has 0 unspecified atom stereocenters. The molecule has 1 N–H and O–H groups in total. The zero-order chi connectivity index (χ0) is 24.1. The Morgan fingerprint density at radius 3 is 2.50 bits per heavy atom. The fraction of sp³-hybridized carbons (Fsp3) is 0.115. The van der Waals surface area contributed by atoms with E-state index in [0.29, 0.717) is 21.4 Å². The zero-order valence-electron chi connectivity index (χ0n) is 18.3. The highest BCUT2D eigenvalue weighted by atomic mass is 35.5. The number of hydrogen-bond donors (Lipinski definition) is 1. The normalized spacial score (nSPS) is 14.5. The minimum Gasteiger partial charge on any atom is -0.484 e. The van der Waals surface area contributed by atoms with Crippen LogP contribution in [0.2, 0.25) is 5.02 Å². The van der Waals surface area contributed by atoms with Crippen LogP contribution in [0.4, 0.5) is 10.5 Å². The van der Waals surface area contributed by atoms with Crippen molar-refractivity contribution in [2.75, 3.05) is 11.9 Å². The second-order valence-corrected chi connectivity index (χ2v) is 9.10. The number of imide groups is 1. The van der Waals surface area contributed by atoms with Gasteiger partial charge in [0.1, 0.15) is 5.75 Å². The molecule has 34 heavy (non-hydrogen) atoms. The fourth-order valence-corrected chi connectivity index (χ4v) is 4.25. The van der Waals surface area contributed by atoms with Crippen molar-refractivity contribution < 1.29 is 19.1 Å². The Labute approximate surface area is 206 Å². The van der Waals surface area contributed by atoms with E-state index in [1.165, 1.54) is 4.90 Å². The second-order valence-electron chi connectivity index (χ2n) is 7.67. The minimum atomic E-state index is -0.335. The van der Waals surface area contributed by atoms with Crippen LogP contribution in [0.1, 0.15) is 16.7 Å². The minimum absolute atomic E-state index is 0.128. The van der Waals surface area contributed by atoms with Gasteiger partial charge in [0.05, 0.1) is 11.4 Å². The summed E-state index contributed by atoms with van der Waals surface area (Å²) in [5.41, 5.74) is 3.33. The standard InChI is InChI=1S/C26H21ClN2O4S/c1-17-3-2-4-21(13-17)28-24(30)16-33-22-11-7-18(8-12-22)14-23-25(31)29(26(32)34-23)15-19-5-9-20(27)10-6-19/h2-14H,15-16H2,1H3,(H,28,30)/b23-14+. The maximum Gasteiger partial charge on any atom is 0.293 e. The van der Waals surface area contributed by atoms with Gasteiger partial charge >= 0.3 is 0 Å². The molecule has 0 bridgehead atoms. The number of rotatable bonds is 7. The van der Waals surface area contributed by atoms with E-state index in [1.54, 1.807) is 54.6 Å². The lowest BCUT2D eigenvalue weighted by atomic mass is 10.2. The van der Waals surface area contributed by atoms with Crippen molar-refractivity contribution in [3.63, 3.8) is 0 Å². The number of halogens is 1. The van der Waals surface area contributed by atoms with Crippen LogP contribution < -0.4 is 10.1 Å². The summed E-state index contributed by atoms with van der Waals surface area (Å²) in [6.07, 6.45) is 1.67. The Hall–Kier alpha value is -3.55. The highest BCUT2D eigenvalue weighted by molar-refractivity contribution is 8.18. The fourth-order valence-electron chi connectivity index (χ4n) is 3.29. The molecule has 3 aromatic carbocycles. The van der Waals surface area contributed by atoms with Crippen molar-refractivity contribution in [1.29, 1.82) is 0 Å². The summed E-state index contributed by atoms with van der Waals surface area (Å²) in [6, 6.07) is 21.5. The first kappa shape index (κ1) is 23.6. The van der Waals surface area contributed by atoms with Gasteiger partial charge < -0.3 is 10.1 Å². The summed E-state index contributed by atoms with van der Waals surface area (Å²) in [7, 11) is 0. The summed E-state index contributed by atoms with van der Waals surface area (Å²) in [4.78, 5) is 38.8. The maximum atomic E-state index is 12.7. The number of benzene rings is 3. The summed E-state index contributed by atoms with van der Waals surface area (Å²) < 4.78 is 5.55. The average Bonchev–Trinajstić information content (AvgIpc) is 3.07. The van der Waals surface area contributed by atoms with E-state index < -0.39 is 0 Å². The molecule has 6 nitrogen and oxygen atoms in total. The number of ether oxygens (including phenoxy) is 1. The number of carbonyl (C=O) groups is 3. The largest absolute Gasteiger partial charge is 0.484 e. The molecule has 0 spiro atoms. The predicted molar refractivity (Wildman–Crippen MR) is 135 cm³/mol. The smallest absolute Gasteiger partial charge is 0.293 e. The van der Waals surface area contributed by atoms with Crippen molar-refractivity contribution in [2.45, 2.75) is 13.5 Å². The van der Waals surface area contributed by atoms with Crippen molar-refractivity contribution in [1.82, 2.24) is 4.90 Å². The van der Waals surface area contributed by atoms with Gasteiger partial charge in [-0.2, -0.15) is 0 Å². The molecular formula is C26H21ClN2O4S. The first-order valence-electron chi connectivity index (χ1n) is 10.5. The highest BCUT2D eigenvalue weighted by Gasteiger charge is 2.34. The number of carbonyl (C=O) groups excluding carboxylic acids is 3. The lowest BCUT2D eigenvalue weighted by molar-refractivity contribution is -0.123. The first-order valence-corrected chi connectivity index (χ1v) is 11.7. The number of hydrogen-bond acceptors (Lipinski definition) is 5. The topological polar surface area (TPSA) is 75.7 Å². The maximum absolute atomic E-state index is 12.7. The molecule has 0 atom stereocenters. The van der Waals surface area contributed by atoms with Crippen LogP contribution >= 0.6 is 23.4 Å². The van der Waals surface area contributed by atoms with Crippen LogP contribution in [-0.4, -0.2) is 28.6 Å². The third kappa shape index (κ3) is 6.07. The number of amides is 3. The van der Waals surface area contributed by atoms with Crippen molar-refractivity contribution in [3.8, 4) is 5.75 Å². The van der Waals surface area contributed by atoms with Gasteiger partial charge in [-0.1, -0.05) is 48.0 Å². The van der Waals surface area contributed by atoms with Crippen molar-refractivity contribution in [3.05, 3.63) is 99.4 Å². The van der Waals surface area contributed by atoms with Gasteiger partial charge in [-0.25, -0.2) is 0 Å². The van der Waals surface area contributed by atoms with Crippen LogP contribution in [0.5, 0.6) is 5.75 Å². The Morgan fingerprint density at radius 1 is 1.06 bits per heavy atom. The molecule has 0 saturated carbocycles. The van der Waals surface area contributed by atoms with Crippen molar-refractivity contribution in [2.24, 2.45) is 0 Å². The van der Waals surface area contributed by atoms with E-state index in [0.717, 1.165) is 28.5 Å². The number of nitrogens with one attached hydrogen (secondary N) is 1. The average molecular weight is 493 g/mol. The third-order valence-corrected chi connectivity index (χ3v) is 6.14. The molecule has 8 heteroatoms. The second kappa shape index (κ2) is 10.6. The SMILES string of the molecule is Cc1cccc(NC(=O)COc2ccc(/C=C3/SC(=O)N(Cc4ccc(Cl)cc4)C3=O)cc2)c1. The molecule has 1 aliphatic rings. The van der Waals surface area contributed by atoms with Gasteiger partial charge in [0.25, 0.3) is 17.1 Å². The Kier molecular flexibility index (Phi) is 7.35. The quantitative estimate of drug-likeness (QED) is 0.415. The zero-order valence-corrected chi connectivity index (χ0v) is 19.9. The molecule has 0 aromatic heterocycles. The van der Waals surface area contributed by atoms with E-state index in [2.05, 4.69) is 5.32 Å². The highest BCUT2D eigenvalue weighted by Crippen LogP contribution is 2.33. The van der Waals surface area contributed by atoms with E-state index in [9.17, 15) is 14.4 Å². The van der Waals surface area contributed by atoms with Crippen LogP contribution in [-0.2, 0) is 16.1 Å². The molecule has 1 saturated heterocycles. The first-order chi connectivity index (χ1) is 16.4. The van der Waals surface area contributed by atoms with Crippen molar-refractivity contribution >= 4 is 52.2 Å². The predicted octanol–water partition coefficient (Wildman–Crippen LogP) is 5.90. The number of thioether (sulfide) groups is 1. The van der Waals surface area contributed by atoms with E-state index >= 15 is 0 Å². The van der Waals surface area contributed by atoms with E-state index in [1.807, 2.05) is 31.2 Å². The third-order valence-electron chi connectivity index (χ3n) is 4.98. The Bertz CT molecular complexity index is 1260.